The average molecular weight is 391 g/mol. The van der Waals surface area contributed by atoms with Gasteiger partial charge in [-0.2, -0.15) is 0 Å². The average Bonchev–Trinajstić information content (AvgIpc) is 2.76. The first-order chi connectivity index (χ1) is 13.8. The molecule has 0 bridgehead atoms. The lowest BCUT2D eigenvalue weighted by molar-refractivity contribution is -0.0130. The van der Waals surface area contributed by atoms with E-state index in [9.17, 15) is 0 Å². The molecule has 3 saturated carbocycles. The molecule has 0 atom stereocenters. The Bertz CT molecular complexity index is 381. The first-order valence-electron chi connectivity index (χ1n) is 13.4. The summed E-state index contributed by atoms with van der Waals surface area (Å²) in [6.45, 7) is 5.73. The highest BCUT2D eigenvalue weighted by Crippen LogP contribution is 2.42. The minimum absolute atomic E-state index is 0.592. The van der Waals surface area contributed by atoms with Crippen molar-refractivity contribution in [3.8, 4) is 0 Å². The van der Waals surface area contributed by atoms with Gasteiger partial charge in [0.05, 0.1) is 6.10 Å². The normalized spacial score (nSPS) is 37.1. The third-order valence-electron chi connectivity index (χ3n) is 8.74. The summed E-state index contributed by atoms with van der Waals surface area (Å²) >= 11 is 0. The Morgan fingerprint density at radius 2 is 0.964 bits per heavy atom. The van der Waals surface area contributed by atoms with E-state index >= 15 is 0 Å². The van der Waals surface area contributed by atoms with Gasteiger partial charge in [0.1, 0.15) is 0 Å². The van der Waals surface area contributed by atoms with E-state index in [2.05, 4.69) is 13.8 Å². The molecule has 3 rings (SSSR count). The van der Waals surface area contributed by atoms with Gasteiger partial charge < -0.3 is 4.74 Å². The molecule has 0 N–H and O–H groups in total. The maximum absolute atomic E-state index is 6.41. The molecule has 1 nitrogen and oxygen atoms in total. The fourth-order valence-electron chi connectivity index (χ4n) is 6.62. The van der Waals surface area contributed by atoms with Gasteiger partial charge in [0, 0.05) is 6.61 Å². The van der Waals surface area contributed by atoms with Crippen LogP contribution < -0.4 is 0 Å². The lowest BCUT2D eigenvalue weighted by Crippen LogP contribution is -2.29. The lowest BCUT2D eigenvalue weighted by Gasteiger charge is -2.38. The van der Waals surface area contributed by atoms with Gasteiger partial charge in [-0.3, -0.25) is 0 Å². The van der Waals surface area contributed by atoms with Crippen molar-refractivity contribution in [3.05, 3.63) is 0 Å². The molecule has 1 heteroatoms. The maximum atomic E-state index is 6.41. The van der Waals surface area contributed by atoms with Gasteiger partial charge in [-0.25, -0.2) is 0 Å². The first-order valence-corrected chi connectivity index (χ1v) is 13.4. The van der Waals surface area contributed by atoms with Crippen LogP contribution in [0.15, 0.2) is 0 Å². The number of ether oxygens (including phenoxy) is 1. The summed E-state index contributed by atoms with van der Waals surface area (Å²) in [6.07, 6.45) is 26.8. The summed E-state index contributed by atoms with van der Waals surface area (Å²) in [5.74, 6) is 5.07. The van der Waals surface area contributed by atoms with E-state index in [1.54, 1.807) is 12.8 Å². The third-order valence-corrected chi connectivity index (χ3v) is 8.74. The minimum Gasteiger partial charge on any atom is -0.378 e. The summed E-state index contributed by atoms with van der Waals surface area (Å²) in [7, 11) is 0. The van der Waals surface area contributed by atoms with Crippen molar-refractivity contribution < 1.29 is 4.74 Å². The van der Waals surface area contributed by atoms with Gasteiger partial charge in [0.15, 0.2) is 0 Å². The van der Waals surface area contributed by atoms with E-state index in [0.29, 0.717) is 6.10 Å². The fourth-order valence-corrected chi connectivity index (χ4v) is 6.62. The van der Waals surface area contributed by atoms with Crippen LogP contribution in [0, 0.1) is 29.6 Å². The Morgan fingerprint density at radius 1 is 0.536 bits per heavy atom. The largest absolute Gasteiger partial charge is 0.378 e. The molecular formula is C27H50O. The number of hydrogen-bond donors (Lipinski definition) is 0. The highest BCUT2D eigenvalue weighted by atomic mass is 16.5. The van der Waals surface area contributed by atoms with E-state index in [4.69, 9.17) is 4.74 Å². The highest BCUT2D eigenvalue weighted by molar-refractivity contribution is 4.82. The second-order valence-corrected chi connectivity index (χ2v) is 10.8. The number of unbranched alkanes of at least 4 members (excludes halogenated alkanes) is 2. The van der Waals surface area contributed by atoms with E-state index in [1.807, 2.05) is 0 Å². The van der Waals surface area contributed by atoms with Crippen molar-refractivity contribution in [2.45, 2.75) is 136 Å². The smallest absolute Gasteiger partial charge is 0.0575 e. The van der Waals surface area contributed by atoms with Crippen molar-refractivity contribution in [3.63, 3.8) is 0 Å². The van der Waals surface area contributed by atoms with Gasteiger partial charge >= 0.3 is 0 Å². The number of rotatable bonds is 10. The van der Waals surface area contributed by atoms with Gasteiger partial charge in [-0.15, -0.1) is 0 Å². The van der Waals surface area contributed by atoms with Crippen molar-refractivity contribution >= 4 is 0 Å². The summed E-state index contributed by atoms with van der Waals surface area (Å²) in [4.78, 5) is 0. The molecule has 3 aliphatic rings. The van der Waals surface area contributed by atoms with Gasteiger partial charge in [-0.1, -0.05) is 65.2 Å². The molecule has 3 fully saturated rings. The molecule has 0 aromatic heterocycles. The highest BCUT2D eigenvalue weighted by Gasteiger charge is 2.31. The zero-order valence-corrected chi connectivity index (χ0v) is 19.3. The summed E-state index contributed by atoms with van der Waals surface area (Å²) in [5.41, 5.74) is 0. The van der Waals surface area contributed by atoms with Crippen molar-refractivity contribution in [1.29, 1.82) is 0 Å². The van der Waals surface area contributed by atoms with Crippen molar-refractivity contribution in [1.82, 2.24) is 0 Å². The quantitative estimate of drug-likeness (QED) is 0.363. The molecule has 0 heterocycles. The zero-order valence-electron chi connectivity index (χ0n) is 19.3. The number of hydrogen-bond acceptors (Lipinski definition) is 1. The molecule has 0 radical (unpaired) electrons. The lowest BCUT2D eigenvalue weighted by atomic mass is 9.69. The van der Waals surface area contributed by atoms with E-state index in [1.165, 1.54) is 103 Å². The zero-order chi connectivity index (χ0) is 19.6. The Labute approximate surface area is 176 Å². The van der Waals surface area contributed by atoms with Crippen LogP contribution in [0.4, 0.5) is 0 Å². The van der Waals surface area contributed by atoms with Crippen LogP contribution in [0.2, 0.25) is 0 Å². The van der Waals surface area contributed by atoms with Crippen LogP contribution in [0.5, 0.6) is 0 Å². The predicted octanol–water partition coefficient (Wildman–Crippen LogP) is 8.56. The SMILES string of the molecule is CCCCC1CCC(OCC2CCC(C3CCC(CCCC)CC3)CC2)CC1. The molecular weight excluding hydrogens is 340 g/mol. The second-order valence-electron chi connectivity index (χ2n) is 10.8. The van der Waals surface area contributed by atoms with E-state index in [0.717, 1.165) is 36.2 Å². The maximum Gasteiger partial charge on any atom is 0.0575 e. The monoisotopic (exact) mass is 390 g/mol. The Kier molecular flexibility index (Phi) is 10.2. The van der Waals surface area contributed by atoms with Crippen LogP contribution in [-0.2, 0) is 4.74 Å². The van der Waals surface area contributed by atoms with Gasteiger partial charge in [-0.05, 0) is 93.8 Å². The minimum atomic E-state index is 0.592. The Balaban J connectivity index is 1.25. The molecule has 0 aromatic carbocycles. The van der Waals surface area contributed by atoms with E-state index in [-0.39, 0.29) is 0 Å². The first kappa shape index (κ1) is 22.6. The Morgan fingerprint density at radius 3 is 1.43 bits per heavy atom. The summed E-state index contributed by atoms with van der Waals surface area (Å²) in [5, 5.41) is 0. The summed E-state index contributed by atoms with van der Waals surface area (Å²) < 4.78 is 6.41. The molecule has 0 saturated heterocycles. The standard InChI is InChI=1S/C27H50O/c1-3-5-7-22-9-15-25(16-10-22)26-17-11-24(12-18-26)21-28-27-19-13-23(14-20-27)8-6-4-2/h22-27H,3-21H2,1-2H3. The van der Waals surface area contributed by atoms with Gasteiger partial charge in [0.25, 0.3) is 0 Å². The molecule has 28 heavy (non-hydrogen) atoms. The van der Waals surface area contributed by atoms with Crippen LogP contribution in [0.25, 0.3) is 0 Å². The van der Waals surface area contributed by atoms with Gasteiger partial charge in [0.2, 0.25) is 0 Å². The van der Waals surface area contributed by atoms with Crippen LogP contribution in [0.3, 0.4) is 0 Å². The molecule has 0 amide bonds. The molecule has 3 aliphatic carbocycles. The molecule has 0 aliphatic heterocycles. The summed E-state index contributed by atoms with van der Waals surface area (Å²) in [6, 6.07) is 0. The van der Waals surface area contributed by atoms with Crippen LogP contribution >= 0.6 is 0 Å². The molecule has 0 aromatic rings. The molecule has 164 valence electrons. The van der Waals surface area contributed by atoms with Crippen LogP contribution in [0.1, 0.15) is 129 Å². The topological polar surface area (TPSA) is 9.23 Å². The van der Waals surface area contributed by atoms with Crippen molar-refractivity contribution in [2.24, 2.45) is 29.6 Å². The molecule has 0 spiro atoms. The van der Waals surface area contributed by atoms with Crippen LogP contribution in [-0.4, -0.2) is 12.7 Å². The second kappa shape index (κ2) is 12.6. The predicted molar refractivity (Wildman–Crippen MR) is 122 cm³/mol. The fraction of sp³-hybridized carbons (Fsp3) is 1.00. The third kappa shape index (κ3) is 7.33. The van der Waals surface area contributed by atoms with E-state index < -0.39 is 0 Å². The van der Waals surface area contributed by atoms with Crippen molar-refractivity contribution in [2.75, 3.05) is 6.61 Å². The molecule has 0 unspecified atom stereocenters. The Hall–Kier alpha value is -0.0400.